The summed E-state index contributed by atoms with van der Waals surface area (Å²) in [6.45, 7) is 3.07. The molecule has 0 bridgehead atoms. The molecule has 1 fully saturated rings. The molecular weight excluding hydrogens is 343 g/mol. The Balaban J connectivity index is 1.48. The first-order valence-electron chi connectivity index (χ1n) is 9.42. The zero-order valence-corrected chi connectivity index (χ0v) is 15.5. The van der Waals surface area contributed by atoms with E-state index in [0.717, 1.165) is 12.8 Å². The maximum atomic E-state index is 13.8. The highest BCUT2D eigenvalue weighted by Gasteiger charge is 2.26. The van der Waals surface area contributed by atoms with Gasteiger partial charge in [0.1, 0.15) is 5.82 Å². The SMILES string of the molecule is CC(Cc1ccccc1F)C(=O)NC1CCN(C(=O)c2ccccc2)CC1. The Morgan fingerprint density at radius 1 is 1.07 bits per heavy atom. The zero-order chi connectivity index (χ0) is 19.2. The zero-order valence-electron chi connectivity index (χ0n) is 15.5. The molecule has 5 heteroatoms. The number of hydrogen-bond donors (Lipinski definition) is 1. The van der Waals surface area contributed by atoms with Crippen molar-refractivity contribution in [2.24, 2.45) is 5.92 Å². The van der Waals surface area contributed by atoms with Crippen LogP contribution in [0.2, 0.25) is 0 Å². The van der Waals surface area contributed by atoms with Crippen molar-refractivity contribution in [1.82, 2.24) is 10.2 Å². The Morgan fingerprint density at radius 2 is 1.70 bits per heavy atom. The van der Waals surface area contributed by atoms with Crippen molar-refractivity contribution in [3.63, 3.8) is 0 Å². The van der Waals surface area contributed by atoms with E-state index >= 15 is 0 Å². The van der Waals surface area contributed by atoms with Crippen LogP contribution in [0.15, 0.2) is 54.6 Å². The van der Waals surface area contributed by atoms with Gasteiger partial charge < -0.3 is 10.2 Å². The minimum Gasteiger partial charge on any atom is -0.353 e. The summed E-state index contributed by atoms with van der Waals surface area (Å²) in [6, 6.07) is 15.9. The highest BCUT2D eigenvalue weighted by molar-refractivity contribution is 5.94. The summed E-state index contributed by atoms with van der Waals surface area (Å²) in [4.78, 5) is 26.8. The van der Waals surface area contributed by atoms with Crippen molar-refractivity contribution in [3.8, 4) is 0 Å². The molecule has 0 aromatic heterocycles. The van der Waals surface area contributed by atoms with Crippen molar-refractivity contribution in [2.45, 2.75) is 32.2 Å². The largest absolute Gasteiger partial charge is 0.353 e. The van der Waals surface area contributed by atoms with Gasteiger partial charge in [-0.1, -0.05) is 43.3 Å². The number of carbonyl (C=O) groups excluding carboxylic acids is 2. The molecule has 2 amide bonds. The maximum Gasteiger partial charge on any atom is 0.253 e. The number of amides is 2. The van der Waals surface area contributed by atoms with Crippen LogP contribution >= 0.6 is 0 Å². The fraction of sp³-hybridized carbons (Fsp3) is 0.364. The van der Waals surface area contributed by atoms with Gasteiger partial charge in [-0.25, -0.2) is 4.39 Å². The van der Waals surface area contributed by atoms with Gasteiger partial charge in [-0.05, 0) is 43.0 Å². The van der Waals surface area contributed by atoms with E-state index in [1.54, 1.807) is 18.2 Å². The summed E-state index contributed by atoms with van der Waals surface area (Å²) in [5, 5.41) is 3.06. The second kappa shape index (κ2) is 8.80. The normalized spacial score (nSPS) is 16.0. The van der Waals surface area contributed by atoms with Crippen LogP contribution in [-0.4, -0.2) is 35.8 Å². The van der Waals surface area contributed by atoms with Crippen molar-refractivity contribution < 1.29 is 14.0 Å². The van der Waals surface area contributed by atoms with E-state index in [1.165, 1.54) is 6.07 Å². The molecule has 1 N–H and O–H groups in total. The predicted octanol–water partition coefficient (Wildman–Crippen LogP) is 3.43. The van der Waals surface area contributed by atoms with Crippen molar-refractivity contribution >= 4 is 11.8 Å². The van der Waals surface area contributed by atoms with E-state index in [-0.39, 0.29) is 29.6 Å². The Bertz CT molecular complexity index is 786. The lowest BCUT2D eigenvalue weighted by atomic mass is 9.98. The van der Waals surface area contributed by atoms with E-state index in [9.17, 15) is 14.0 Å². The fourth-order valence-corrected chi connectivity index (χ4v) is 3.42. The fourth-order valence-electron chi connectivity index (χ4n) is 3.42. The van der Waals surface area contributed by atoms with Crippen molar-refractivity contribution in [2.75, 3.05) is 13.1 Å². The van der Waals surface area contributed by atoms with Gasteiger partial charge in [0, 0.05) is 30.6 Å². The molecule has 0 aliphatic carbocycles. The summed E-state index contributed by atoms with van der Waals surface area (Å²) in [6.07, 6.45) is 1.84. The minimum atomic E-state index is -0.300. The lowest BCUT2D eigenvalue weighted by Crippen LogP contribution is -2.47. The van der Waals surface area contributed by atoms with Crippen LogP contribution in [0.1, 0.15) is 35.7 Å². The molecule has 142 valence electrons. The lowest BCUT2D eigenvalue weighted by Gasteiger charge is -2.33. The molecule has 27 heavy (non-hydrogen) atoms. The molecule has 1 atom stereocenters. The van der Waals surface area contributed by atoms with Crippen LogP contribution in [0.4, 0.5) is 4.39 Å². The summed E-state index contributed by atoms with van der Waals surface area (Å²) in [7, 11) is 0. The van der Waals surface area contributed by atoms with Crippen molar-refractivity contribution in [1.29, 1.82) is 0 Å². The number of piperidine rings is 1. The number of hydrogen-bond acceptors (Lipinski definition) is 2. The molecular formula is C22H25FN2O2. The average Bonchev–Trinajstić information content (AvgIpc) is 2.70. The molecule has 2 aromatic rings. The Kier molecular flexibility index (Phi) is 6.22. The third kappa shape index (κ3) is 4.94. The number of nitrogens with one attached hydrogen (secondary N) is 1. The predicted molar refractivity (Wildman–Crippen MR) is 103 cm³/mol. The van der Waals surface area contributed by atoms with E-state index in [4.69, 9.17) is 0 Å². The van der Waals surface area contributed by atoms with Crippen LogP contribution in [0.25, 0.3) is 0 Å². The number of halogens is 1. The molecule has 1 saturated heterocycles. The van der Waals surface area contributed by atoms with Gasteiger partial charge in [0.2, 0.25) is 5.91 Å². The lowest BCUT2D eigenvalue weighted by molar-refractivity contribution is -0.125. The highest BCUT2D eigenvalue weighted by Crippen LogP contribution is 2.16. The van der Waals surface area contributed by atoms with E-state index in [2.05, 4.69) is 5.32 Å². The number of rotatable bonds is 5. The minimum absolute atomic E-state index is 0.0355. The smallest absolute Gasteiger partial charge is 0.253 e. The Morgan fingerprint density at radius 3 is 2.37 bits per heavy atom. The first-order chi connectivity index (χ1) is 13.0. The third-order valence-electron chi connectivity index (χ3n) is 5.08. The van der Waals surface area contributed by atoms with Crippen LogP contribution in [-0.2, 0) is 11.2 Å². The average molecular weight is 368 g/mol. The molecule has 1 aliphatic heterocycles. The molecule has 2 aromatic carbocycles. The third-order valence-corrected chi connectivity index (χ3v) is 5.08. The molecule has 4 nitrogen and oxygen atoms in total. The van der Waals surface area contributed by atoms with Gasteiger partial charge in [0.15, 0.2) is 0 Å². The van der Waals surface area contributed by atoms with Crippen LogP contribution in [0.3, 0.4) is 0 Å². The first kappa shape index (κ1) is 19.1. The van der Waals surface area contributed by atoms with Gasteiger partial charge in [-0.15, -0.1) is 0 Å². The summed E-state index contributed by atoms with van der Waals surface area (Å²) < 4.78 is 13.8. The monoisotopic (exact) mass is 368 g/mol. The second-order valence-electron chi connectivity index (χ2n) is 7.14. The van der Waals surface area contributed by atoms with E-state index in [1.807, 2.05) is 42.2 Å². The first-order valence-corrected chi connectivity index (χ1v) is 9.42. The molecule has 3 rings (SSSR count). The molecule has 0 saturated carbocycles. The van der Waals surface area contributed by atoms with Gasteiger partial charge >= 0.3 is 0 Å². The number of benzene rings is 2. The van der Waals surface area contributed by atoms with Crippen LogP contribution in [0.5, 0.6) is 0 Å². The summed E-state index contributed by atoms with van der Waals surface area (Å²) >= 11 is 0. The summed E-state index contributed by atoms with van der Waals surface area (Å²) in [5.41, 5.74) is 1.25. The van der Waals surface area contributed by atoms with Gasteiger partial charge in [-0.3, -0.25) is 9.59 Å². The van der Waals surface area contributed by atoms with Gasteiger partial charge in [-0.2, -0.15) is 0 Å². The highest BCUT2D eigenvalue weighted by atomic mass is 19.1. The number of carbonyl (C=O) groups is 2. The molecule has 0 spiro atoms. The second-order valence-corrected chi connectivity index (χ2v) is 7.14. The molecule has 1 unspecified atom stereocenters. The van der Waals surface area contributed by atoms with Gasteiger partial charge in [0.25, 0.3) is 5.91 Å². The molecule has 0 radical (unpaired) electrons. The van der Waals surface area contributed by atoms with Crippen LogP contribution in [0, 0.1) is 11.7 Å². The quantitative estimate of drug-likeness (QED) is 0.879. The maximum absolute atomic E-state index is 13.8. The Hall–Kier alpha value is -2.69. The standard InChI is InChI=1S/C22H25FN2O2/c1-16(15-18-9-5-6-10-20(18)23)21(26)24-19-11-13-25(14-12-19)22(27)17-7-3-2-4-8-17/h2-10,16,19H,11-15H2,1H3,(H,24,26). The van der Waals surface area contributed by atoms with Crippen molar-refractivity contribution in [3.05, 3.63) is 71.5 Å². The summed E-state index contributed by atoms with van der Waals surface area (Å²) in [5.74, 6) is -0.602. The Labute approximate surface area is 159 Å². The van der Waals surface area contributed by atoms with E-state index in [0.29, 0.717) is 30.6 Å². The van der Waals surface area contributed by atoms with E-state index < -0.39 is 0 Å². The number of likely N-dealkylation sites (tertiary alicyclic amines) is 1. The number of nitrogens with zero attached hydrogens (tertiary/aromatic N) is 1. The topological polar surface area (TPSA) is 49.4 Å². The van der Waals surface area contributed by atoms with Gasteiger partial charge in [0.05, 0.1) is 0 Å². The molecule has 1 aliphatic rings. The van der Waals surface area contributed by atoms with Crippen LogP contribution < -0.4 is 5.32 Å². The molecule has 1 heterocycles.